The molecule has 0 bridgehead atoms. The van der Waals surface area contributed by atoms with Gasteiger partial charge in [0.15, 0.2) is 0 Å². The number of rotatable bonds is 2. The highest BCUT2D eigenvalue weighted by atomic mass is 79.9. The lowest BCUT2D eigenvalue weighted by molar-refractivity contribution is -0.120. The zero-order chi connectivity index (χ0) is 11.5. The van der Waals surface area contributed by atoms with Crippen molar-refractivity contribution in [3.63, 3.8) is 0 Å². The molecule has 3 heteroatoms. The summed E-state index contributed by atoms with van der Waals surface area (Å²) < 4.78 is 1.10. The summed E-state index contributed by atoms with van der Waals surface area (Å²) in [5, 5.41) is 0. The molecule has 1 aromatic carbocycles. The second-order valence-corrected chi connectivity index (χ2v) is 5.28. The maximum Gasteiger partial charge on any atom is 0.133 e. The molecule has 0 saturated heterocycles. The van der Waals surface area contributed by atoms with Gasteiger partial charge < -0.3 is 4.90 Å². The van der Waals surface area contributed by atoms with Gasteiger partial charge in [0, 0.05) is 36.1 Å². The van der Waals surface area contributed by atoms with Crippen LogP contribution >= 0.6 is 15.9 Å². The number of ketones is 1. The number of halogens is 1. The van der Waals surface area contributed by atoms with Gasteiger partial charge >= 0.3 is 0 Å². The zero-order valence-corrected chi connectivity index (χ0v) is 11.0. The molecule has 0 radical (unpaired) electrons. The molecular formula is C13H16BrNO. The molecule has 0 unspecified atom stereocenters. The van der Waals surface area contributed by atoms with Crippen LogP contribution in [-0.4, -0.2) is 18.9 Å². The van der Waals surface area contributed by atoms with Crippen LogP contribution in [-0.2, 0) is 4.79 Å². The number of nitrogens with zero attached hydrogens (tertiary/aromatic N) is 1. The summed E-state index contributed by atoms with van der Waals surface area (Å²) in [5.41, 5.74) is 1.22. The first-order chi connectivity index (χ1) is 7.66. The summed E-state index contributed by atoms with van der Waals surface area (Å²) >= 11 is 3.48. The van der Waals surface area contributed by atoms with Crippen molar-refractivity contribution in [3.8, 4) is 0 Å². The van der Waals surface area contributed by atoms with Crippen LogP contribution in [0.4, 0.5) is 5.69 Å². The SMILES string of the molecule is CN(c1cccc(Br)c1)C1CCC(=O)CC1. The van der Waals surface area contributed by atoms with Crippen LogP contribution in [0.2, 0.25) is 0 Å². The Hall–Kier alpha value is -0.830. The van der Waals surface area contributed by atoms with Gasteiger partial charge in [0.05, 0.1) is 0 Å². The minimum atomic E-state index is 0.416. The van der Waals surface area contributed by atoms with E-state index in [-0.39, 0.29) is 0 Å². The topological polar surface area (TPSA) is 20.3 Å². The second-order valence-electron chi connectivity index (χ2n) is 4.36. The van der Waals surface area contributed by atoms with Crippen molar-refractivity contribution in [3.05, 3.63) is 28.7 Å². The first-order valence-corrected chi connectivity index (χ1v) is 6.46. The average Bonchev–Trinajstić information content (AvgIpc) is 2.29. The largest absolute Gasteiger partial charge is 0.372 e. The zero-order valence-electron chi connectivity index (χ0n) is 9.45. The predicted octanol–water partition coefficient (Wildman–Crippen LogP) is 3.40. The average molecular weight is 282 g/mol. The van der Waals surface area contributed by atoms with E-state index in [1.54, 1.807) is 0 Å². The van der Waals surface area contributed by atoms with E-state index in [1.165, 1.54) is 5.69 Å². The third-order valence-corrected chi connectivity index (χ3v) is 3.77. The highest BCUT2D eigenvalue weighted by molar-refractivity contribution is 9.10. The van der Waals surface area contributed by atoms with E-state index in [2.05, 4.69) is 40.0 Å². The van der Waals surface area contributed by atoms with Gasteiger partial charge in [-0.1, -0.05) is 22.0 Å². The van der Waals surface area contributed by atoms with Gasteiger partial charge in [0.25, 0.3) is 0 Å². The van der Waals surface area contributed by atoms with E-state index < -0.39 is 0 Å². The lowest BCUT2D eigenvalue weighted by Gasteiger charge is -2.32. The quantitative estimate of drug-likeness (QED) is 0.828. The van der Waals surface area contributed by atoms with Gasteiger partial charge in [-0.15, -0.1) is 0 Å². The van der Waals surface area contributed by atoms with Crippen LogP contribution in [0.1, 0.15) is 25.7 Å². The van der Waals surface area contributed by atoms with Crippen molar-refractivity contribution >= 4 is 27.4 Å². The molecule has 1 aliphatic rings. The summed E-state index contributed by atoms with van der Waals surface area (Å²) in [7, 11) is 2.11. The highest BCUT2D eigenvalue weighted by Crippen LogP contribution is 2.26. The third kappa shape index (κ3) is 2.64. The first-order valence-electron chi connectivity index (χ1n) is 5.67. The fourth-order valence-corrected chi connectivity index (χ4v) is 2.61. The Morgan fingerprint density at radius 3 is 2.62 bits per heavy atom. The Balaban J connectivity index is 2.07. The molecule has 0 aliphatic heterocycles. The maximum atomic E-state index is 11.2. The number of benzene rings is 1. The van der Waals surface area contributed by atoms with E-state index in [1.807, 2.05) is 12.1 Å². The molecule has 0 N–H and O–H groups in total. The van der Waals surface area contributed by atoms with E-state index >= 15 is 0 Å². The Morgan fingerprint density at radius 1 is 1.31 bits per heavy atom. The van der Waals surface area contributed by atoms with Crippen molar-refractivity contribution in [2.45, 2.75) is 31.7 Å². The highest BCUT2D eigenvalue weighted by Gasteiger charge is 2.22. The van der Waals surface area contributed by atoms with Crippen LogP contribution in [0.25, 0.3) is 0 Å². The fraction of sp³-hybridized carbons (Fsp3) is 0.462. The number of hydrogen-bond acceptors (Lipinski definition) is 2. The maximum absolute atomic E-state index is 11.2. The van der Waals surface area contributed by atoms with Gasteiger partial charge in [-0.05, 0) is 31.0 Å². The van der Waals surface area contributed by atoms with Crippen molar-refractivity contribution in [1.29, 1.82) is 0 Å². The van der Waals surface area contributed by atoms with Crippen LogP contribution in [0.5, 0.6) is 0 Å². The number of hydrogen-bond donors (Lipinski definition) is 0. The van der Waals surface area contributed by atoms with Crippen molar-refractivity contribution < 1.29 is 4.79 Å². The summed E-state index contributed by atoms with van der Waals surface area (Å²) in [6, 6.07) is 8.82. The van der Waals surface area contributed by atoms with Gasteiger partial charge in [-0.3, -0.25) is 4.79 Å². The van der Waals surface area contributed by atoms with Crippen LogP contribution < -0.4 is 4.90 Å². The van der Waals surface area contributed by atoms with Crippen molar-refractivity contribution in [2.24, 2.45) is 0 Å². The lowest BCUT2D eigenvalue weighted by Crippen LogP contribution is -2.35. The standard InChI is InChI=1S/C13H16BrNO/c1-15(11-5-7-13(16)8-6-11)12-4-2-3-10(14)9-12/h2-4,9,11H,5-8H2,1H3. The molecule has 0 amide bonds. The molecule has 16 heavy (non-hydrogen) atoms. The molecule has 1 aromatic rings. The van der Waals surface area contributed by atoms with Crippen LogP contribution in [0, 0.1) is 0 Å². The van der Waals surface area contributed by atoms with E-state index in [9.17, 15) is 4.79 Å². The molecule has 1 saturated carbocycles. The van der Waals surface area contributed by atoms with Crippen LogP contribution in [0.15, 0.2) is 28.7 Å². The summed E-state index contributed by atoms with van der Waals surface area (Å²) in [4.78, 5) is 13.5. The predicted molar refractivity (Wildman–Crippen MR) is 69.8 cm³/mol. The summed E-state index contributed by atoms with van der Waals surface area (Å²) in [6.07, 6.45) is 3.45. The Morgan fingerprint density at radius 2 is 2.00 bits per heavy atom. The number of carbonyl (C=O) groups is 1. The molecule has 1 aliphatic carbocycles. The summed E-state index contributed by atoms with van der Waals surface area (Å²) in [5.74, 6) is 0.416. The molecule has 2 rings (SSSR count). The van der Waals surface area contributed by atoms with Crippen molar-refractivity contribution in [1.82, 2.24) is 0 Å². The van der Waals surface area contributed by atoms with E-state index in [0.29, 0.717) is 11.8 Å². The molecule has 2 nitrogen and oxygen atoms in total. The van der Waals surface area contributed by atoms with Crippen LogP contribution in [0.3, 0.4) is 0 Å². The normalized spacial score (nSPS) is 17.5. The molecule has 0 spiro atoms. The lowest BCUT2D eigenvalue weighted by atomic mass is 9.93. The van der Waals surface area contributed by atoms with Gasteiger partial charge in [0.2, 0.25) is 0 Å². The van der Waals surface area contributed by atoms with Gasteiger partial charge in [0.1, 0.15) is 5.78 Å². The third-order valence-electron chi connectivity index (χ3n) is 3.28. The monoisotopic (exact) mass is 281 g/mol. The number of Topliss-reactive ketones (excluding diaryl/α,β-unsaturated/α-hetero) is 1. The minimum absolute atomic E-state index is 0.416. The Kier molecular flexibility index (Phi) is 3.64. The smallest absolute Gasteiger partial charge is 0.133 e. The number of anilines is 1. The van der Waals surface area contributed by atoms with Gasteiger partial charge in [-0.2, -0.15) is 0 Å². The summed E-state index contributed by atoms with van der Waals surface area (Å²) in [6.45, 7) is 0. The molecule has 0 atom stereocenters. The minimum Gasteiger partial charge on any atom is -0.372 e. The molecule has 1 fully saturated rings. The Labute approximate surface area is 105 Å². The molecular weight excluding hydrogens is 266 g/mol. The van der Waals surface area contributed by atoms with E-state index in [4.69, 9.17) is 0 Å². The Bertz CT molecular complexity index is 381. The first kappa shape index (κ1) is 11.6. The molecule has 0 heterocycles. The fourth-order valence-electron chi connectivity index (χ4n) is 2.22. The van der Waals surface area contributed by atoms with E-state index in [0.717, 1.165) is 30.2 Å². The second kappa shape index (κ2) is 5.00. The number of carbonyl (C=O) groups excluding carboxylic acids is 1. The molecule has 86 valence electrons. The van der Waals surface area contributed by atoms with Gasteiger partial charge in [-0.25, -0.2) is 0 Å². The molecule has 0 aromatic heterocycles. The van der Waals surface area contributed by atoms with Crippen molar-refractivity contribution in [2.75, 3.05) is 11.9 Å².